The second-order valence-electron chi connectivity index (χ2n) is 4.64. The topological polar surface area (TPSA) is 34.4 Å². The number of hydrogen-bond donors (Lipinski definition) is 1. The zero-order valence-electron chi connectivity index (χ0n) is 10.0. The number of ether oxygens (including phenoxy) is 1. The summed E-state index contributed by atoms with van der Waals surface area (Å²) in [5, 5.41) is 4.50. The number of benzene rings is 1. The number of fused-ring (bicyclic) bond motifs is 1. The molecule has 3 nitrogen and oxygen atoms in total. The molecule has 0 bridgehead atoms. The van der Waals surface area contributed by atoms with Crippen LogP contribution in [0, 0.1) is 6.92 Å². The van der Waals surface area contributed by atoms with Crippen molar-refractivity contribution in [3.05, 3.63) is 30.0 Å². The molecular weight excluding hydrogens is 214 g/mol. The SMILES string of the molecule is Cc1coc2cc(OC3CCNCC3)ccc12. The summed E-state index contributed by atoms with van der Waals surface area (Å²) in [6.07, 6.45) is 4.29. The average molecular weight is 231 g/mol. The van der Waals surface area contributed by atoms with E-state index in [0.717, 1.165) is 37.3 Å². The van der Waals surface area contributed by atoms with E-state index in [-0.39, 0.29) is 0 Å². The van der Waals surface area contributed by atoms with E-state index in [1.54, 1.807) is 6.26 Å². The van der Waals surface area contributed by atoms with Gasteiger partial charge in [0.05, 0.1) is 6.26 Å². The van der Waals surface area contributed by atoms with Gasteiger partial charge in [0.25, 0.3) is 0 Å². The van der Waals surface area contributed by atoms with Crippen LogP contribution in [0.15, 0.2) is 28.9 Å². The summed E-state index contributed by atoms with van der Waals surface area (Å²) >= 11 is 0. The molecule has 1 N–H and O–H groups in total. The maximum absolute atomic E-state index is 5.97. The quantitative estimate of drug-likeness (QED) is 0.863. The predicted octanol–water partition coefficient (Wildman–Crippen LogP) is 2.87. The van der Waals surface area contributed by atoms with Crippen LogP contribution in [0.4, 0.5) is 0 Å². The summed E-state index contributed by atoms with van der Waals surface area (Å²) in [5.74, 6) is 0.916. The zero-order chi connectivity index (χ0) is 11.7. The van der Waals surface area contributed by atoms with E-state index in [4.69, 9.17) is 9.15 Å². The molecule has 2 heterocycles. The third-order valence-corrected chi connectivity index (χ3v) is 3.33. The Morgan fingerprint density at radius 1 is 1.29 bits per heavy atom. The van der Waals surface area contributed by atoms with E-state index >= 15 is 0 Å². The Kier molecular flexibility index (Phi) is 2.77. The van der Waals surface area contributed by atoms with Gasteiger partial charge >= 0.3 is 0 Å². The van der Waals surface area contributed by atoms with Crippen LogP contribution in [0.3, 0.4) is 0 Å². The first-order chi connectivity index (χ1) is 8.33. The van der Waals surface area contributed by atoms with Gasteiger partial charge in [-0.15, -0.1) is 0 Å². The van der Waals surface area contributed by atoms with Crippen LogP contribution < -0.4 is 10.1 Å². The molecule has 0 atom stereocenters. The number of aryl methyl sites for hydroxylation is 1. The molecule has 1 aliphatic rings. The summed E-state index contributed by atoms with van der Waals surface area (Å²) in [6.45, 7) is 4.15. The highest BCUT2D eigenvalue weighted by Gasteiger charge is 2.14. The molecule has 2 aromatic rings. The Morgan fingerprint density at radius 3 is 2.94 bits per heavy atom. The lowest BCUT2D eigenvalue weighted by molar-refractivity contribution is 0.162. The minimum Gasteiger partial charge on any atom is -0.490 e. The summed E-state index contributed by atoms with van der Waals surface area (Å²) in [5.41, 5.74) is 2.09. The van der Waals surface area contributed by atoms with Crippen LogP contribution in [0.5, 0.6) is 5.75 Å². The molecule has 1 aromatic heterocycles. The van der Waals surface area contributed by atoms with Gasteiger partial charge in [-0.1, -0.05) is 0 Å². The van der Waals surface area contributed by atoms with E-state index in [1.807, 2.05) is 12.1 Å². The zero-order valence-corrected chi connectivity index (χ0v) is 10.0. The standard InChI is InChI=1S/C14H17NO2/c1-10-9-16-14-8-12(2-3-13(10)14)17-11-4-6-15-7-5-11/h2-3,8-9,11,15H,4-7H2,1H3. The van der Waals surface area contributed by atoms with E-state index in [0.29, 0.717) is 6.10 Å². The van der Waals surface area contributed by atoms with Crippen LogP contribution in [-0.2, 0) is 0 Å². The first kappa shape index (κ1) is 10.7. The second-order valence-corrected chi connectivity index (χ2v) is 4.64. The Bertz CT molecular complexity index is 512. The van der Waals surface area contributed by atoms with E-state index in [2.05, 4.69) is 18.3 Å². The summed E-state index contributed by atoms with van der Waals surface area (Å²) < 4.78 is 11.5. The Hall–Kier alpha value is -1.48. The minimum absolute atomic E-state index is 0.338. The maximum Gasteiger partial charge on any atom is 0.137 e. The molecule has 0 saturated carbocycles. The van der Waals surface area contributed by atoms with E-state index < -0.39 is 0 Å². The van der Waals surface area contributed by atoms with Crippen molar-refractivity contribution in [3.63, 3.8) is 0 Å². The summed E-state index contributed by atoms with van der Waals surface area (Å²) in [4.78, 5) is 0. The Balaban J connectivity index is 1.80. The van der Waals surface area contributed by atoms with Crippen molar-refractivity contribution in [3.8, 4) is 5.75 Å². The molecule has 1 saturated heterocycles. The molecule has 0 amide bonds. The average Bonchev–Trinajstić information content (AvgIpc) is 2.72. The summed E-state index contributed by atoms with van der Waals surface area (Å²) in [6, 6.07) is 6.10. The number of furan rings is 1. The summed E-state index contributed by atoms with van der Waals surface area (Å²) in [7, 11) is 0. The van der Waals surface area contributed by atoms with Crippen molar-refractivity contribution < 1.29 is 9.15 Å². The van der Waals surface area contributed by atoms with Crippen LogP contribution in [0.1, 0.15) is 18.4 Å². The highest BCUT2D eigenvalue weighted by molar-refractivity contribution is 5.82. The van der Waals surface area contributed by atoms with Gasteiger partial charge in [-0.25, -0.2) is 0 Å². The molecule has 0 radical (unpaired) electrons. The molecule has 3 rings (SSSR count). The molecule has 0 aliphatic carbocycles. The molecule has 1 aromatic carbocycles. The maximum atomic E-state index is 5.97. The third-order valence-electron chi connectivity index (χ3n) is 3.33. The molecule has 3 heteroatoms. The molecule has 0 unspecified atom stereocenters. The third kappa shape index (κ3) is 2.15. The molecule has 90 valence electrons. The van der Waals surface area contributed by atoms with Crippen molar-refractivity contribution in [1.29, 1.82) is 0 Å². The molecule has 0 spiro atoms. The lowest BCUT2D eigenvalue weighted by Gasteiger charge is -2.23. The number of hydrogen-bond acceptors (Lipinski definition) is 3. The lowest BCUT2D eigenvalue weighted by Crippen LogP contribution is -2.34. The van der Waals surface area contributed by atoms with Gasteiger partial charge < -0.3 is 14.5 Å². The van der Waals surface area contributed by atoms with Gasteiger partial charge in [-0.2, -0.15) is 0 Å². The number of piperidine rings is 1. The van der Waals surface area contributed by atoms with Gasteiger partial charge in [0.15, 0.2) is 0 Å². The number of rotatable bonds is 2. The fraction of sp³-hybridized carbons (Fsp3) is 0.429. The highest BCUT2D eigenvalue weighted by Crippen LogP contribution is 2.26. The smallest absolute Gasteiger partial charge is 0.137 e. The minimum atomic E-state index is 0.338. The van der Waals surface area contributed by atoms with Gasteiger partial charge in [-0.05, 0) is 50.6 Å². The highest BCUT2D eigenvalue weighted by atomic mass is 16.5. The van der Waals surface area contributed by atoms with Crippen LogP contribution in [0.2, 0.25) is 0 Å². The van der Waals surface area contributed by atoms with Crippen molar-refractivity contribution in [2.45, 2.75) is 25.9 Å². The van der Waals surface area contributed by atoms with Crippen molar-refractivity contribution in [2.75, 3.05) is 13.1 Å². The van der Waals surface area contributed by atoms with Gasteiger partial charge in [0.1, 0.15) is 17.4 Å². The Labute approximate surface area is 101 Å². The van der Waals surface area contributed by atoms with E-state index in [9.17, 15) is 0 Å². The van der Waals surface area contributed by atoms with Gasteiger partial charge in [-0.3, -0.25) is 0 Å². The monoisotopic (exact) mass is 231 g/mol. The molecule has 1 fully saturated rings. The Morgan fingerprint density at radius 2 is 2.12 bits per heavy atom. The fourth-order valence-corrected chi connectivity index (χ4v) is 2.32. The lowest BCUT2D eigenvalue weighted by atomic mass is 10.1. The van der Waals surface area contributed by atoms with Gasteiger partial charge in [0, 0.05) is 11.5 Å². The molecule has 17 heavy (non-hydrogen) atoms. The van der Waals surface area contributed by atoms with Crippen molar-refractivity contribution in [1.82, 2.24) is 5.32 Å². The first-order valence-corrected chi connectivity index (χ1v) is 6.18. The first-order valence-electron chi connectivity index (χ1n) is 6.18. The van der Waals surface area contributed by atoms with Crippen molar-refractivity contribution in [2.24, 2.45) is 0 Å². The van der Waals surface area contributed by atoms with Crippen LogP contribution in [0.25, 0.3) is 11.0 Å². The van der Waals surface area contributed by atoms with E-state index in [1.165, 1.54) is 10.9 Å². The second kappa shape index (κ2) is 4.41. The molecule has 1 aliphatic heterocycles. The van der Waals surface area contributed by atoms with Crippen LogP contribution in [-0.4, -0.2) is 19.2 Å². The normalized spacial score (nSPS) is 17.5. The molecular formula is C14H17NO2. The van der Waals surface area contributed by atoms with Crippen LogP contribution >= 0.6 is 0 Å². The van der Waals surface area contributed by atoms with Crippen molar-refractivity contribution >= 4 is 11.0 Å². The van der Waals surface area contributed by atoms with Gasteiger partial charge in [0.2, 0.25) is 0 Å². The number of nitrogens with one attached hydrogen (secondary N) is 1. The predicted molar refractivity (Wildman–Crippen MR) is 67.5 cm³/mol. The largest absolute Gasteiger partial charge is 0.490 e. The fourth-order valence-electron chi connectivity index (χ4n) is 2.32.